The molecular weight excluding hydrogens is 264 g/mol. The van der Waals surface area contributed by atoms with Crippen LogP contribution in [0.15, 0.2) is 47.1 Å². The van der Waals surface area contributed by atoms with Crippen molar-refractivity contribution in [2.75, 3.05) is 7.11 Å². The van der Waals surface area contributed by atoms with E-state index in [1.807, 2.05) is 18.3 Å². The first-order valence-electron chi connectivity index (χ1n) is 7.11. The number of ether oxygens (including phenoxy) is 1. The van der Waals surface area contributed by atoms with Crippen molar-refractivity contribution < 1.29 is 9.15 Å². The maximum absolute atomic E-state index is 5.59. The third-order valence-corrected chi connectivity index (χ3v) is 3.42. The van der Waals surface area contributed by atoms with E-state index in [0.29, 0.717) is 12.5 Å². The number of fused-ring (bicyclic) bond motifs is 1. The van der Waals surface area contributed by atoms with Gasteiger partial charge in [0.2, 0.25) is 5.89 Å². The largest absolute Gasteiger partial charge is 0.438 e. The highest BCUT2D eigenvalue weighted by Crippen LogP contribution is 2.19. The van der Waals surface area contributed by atoms with Gasteiger partial charge >= 0.3 is 0 Å². The molecule has 0 atom stereocenters. The van der Waals surface area contributed by atoms with Gasteiger partial charge in [-0.15, -0.1) is 0 Å². The second-order valence-corrected chi connectivity index (χ2v) is 5.06. The Morgan fingerprint density at radius 2 is 2.05 bits per heavy atom. The summed E-state index contributed by atoms with van der Waals surface area (Å²) in [6.45, 7) is 0.408. The van der Waals surface area contributed by atoms with Gasteiger partial charge in [-0.1, -0.05) is 12.1 Å². The zero-order chi connectivity index (χ0) is 14.5. The molecule has 0 aliphatic heterocycles. The van der Waals surface area contributed by atoms with Crippen LogP contribution < -0.4 is 0 Å². The molecule has 0 saturated carbocycles. The molecule has 108 valence electrons. The fourth-order valence-corrected chi connectivity index (χ4v) is 2.40. The summed E-state index contributed by atoms with van der Waals surface area (Å²) in [5, 5.41) is 0. The van der Waals surface area contributed by atoms with Crippen molar-refractivity contribution in [3.8, 4) is 0 Å². The molecule has 0 aliphatic carbocycles. The number of benzene rings is 1. The molecule has 4 nitrogen and oxygen atoms in total. The first kappa shape index (κ1) is 13.8. The highest BCUT2D eigenvalue weighted by atomic mass is 16.5. The highest BCUT2D eigenvalue weighted by molar-refractivity contribution is 5.73. The Morgan fingerprint density at radius 1 is 1.14 bits per heavy atom. The van der Waals surface area contributed by atoms with Gasteiger partial charge in [0, 0.05) is 19.5 Å². The lowest BCUT2D eigenvalue weighted by Gasteiger charge is -2.01. The number of rotatable bonds is 6. The minimum atomic E-state index is 0.408. The van der Waals surface area contributed by atoms with Crippen molar-refractivity contribution in [2.24, 2.45) is 0 Å². The predicted molar refractivity (Wildman–Crippen MR) is 81.0 cm³/mol. The zero-order valence-corrected chi connectivity index (χ0v) is 12.1. The van der Waals surface area contributed by atoms with Gasteiger partial charge in [0.25, 0.3) is 0 Å². The Morgan fingerprint density at radius 3 is 2.86 bits per heavy atom. The third-order valence-electron chi connectivity index (χ3n) is 3.42. The van der Waals surface area contributed by atoms with Gasteiger partial charge in [-0.25, -0.2) is 4.98 Å². The van der Waals surface area contributed by atoms with E-state index in [-0.39, 0.29) is 0 Å². The zero-order valence-electron chi connectivity index (χ0n) is 12.1. The van der Waals surface area contributed by atoms with E-state index in [2.05, 4.69) is 28.2 Å². The van der Waals surface area contributed by atoms with E-state index in [1.54, 1.807) is 13.3 Å². The van der Waals surface area contributed by atoms with Crippen molar-refractivity contribution in [2.45, 2.75) is 25.9 Å². The van der Waals surface area contributed by atoms with E-state index in [9.17, 15) is 0 Å². The summed E-state index contributed by atoms with van der Waals surface area (Å²) in [4.78, 5) is 8.56. The predicted octanol–water partition coefficient (Wildman–Crippen LogP) is 3.54. The minimum absolute atomic E-state index is 0.408. The lowest BCUT2D eigenvalue weighted by Crippen LogP contribution is -1.90. The van der Waals surface area contributed by atoms with Gasteiger partial charge in [-0.05, 0) is 48.6 Å². The van der Waals surface area contributed by atoms with E-state index >= 15 is 0 Å². The van der Waals surface area contributed by atoms with Crippen LogP contribution in [-0.2, 0) is 24.2 Å². The van der Waals surface area contributed by atoms with Gasteiger partial charge in [0.1, 0.15) is 12.1 Å². The number of methoxy groups -OCH3 is 1. The first-order chi connectivity index (χ1) is 10.3. The molecule has 2 heterocycles. The standard InChI is InChI=1S/C17H18N2O2/c1-20-12-17-19-15-10-13(7-8-16(15)21-17)4-2-5-14-6-3-9-18-11-14/h3,6-11H,2,4-5,12H2,1H3. The molecule has 0 amide bonds. The summed E-state index contributed by atoms with van der Waals surface area (Å²) in [6, 6.07) is 10.3. The van der Waals surface area contributed by atoms with Gasteiger partial charge < -0.3 is 9.15 Å². The molecule has 4 heteroatoms. The monoisotopic (exact) mass is 282 g/mol. The molecule has 0 radical (unpaired) electrons. The number of aryl methyl sites for hydroxylation is 2. The van der Waals surface area contributed by atoms with Crippen LogP contribution in [-0.4, -0.2) is 17.1 Å². The van der Waals surface area contributed by atoms with Crippen LogP contribution in [0.5, 0.6) is 0 Å². The average molecular weight is 282 g/mol. The molecule has 3 aromatic rings. The Bertz CT molecular complexity index is 707. The van der Waals surface area contributed by atoms with Crippen molar-refractivity contribution in [3.63, 3.8) is 0 Å². The molecular formula is C17H18N2O2. The fraction of sp³-hybridized carbons (Fsp3) is 0.294. The Kier molecular flexibility index (Phi) is 4.26. The summed E-state index contributed by atoms with van der Waals surface area (Å²) in [6.07, 6.45) is 6.90. The third kappa shape index (κ3) is 3.47. The van der Waals surface area contributed by atoms with Gasteiger partial charge in [-0.3, -0.25) is 4.98 Å². The van der Waals surface area contributed by atoms with E-state index in [0.717, 1.165) is 30.4 Å². The van der Waals surface area contributed by atoms with Crippen molar-refractivity contribution in [1.82, 2.24) is 9.97 Å². The molecule has 0 fully saturated rings. The minimum Gasteiger partial charge on any atom is -0.438 e. The number of nitrogens with zero attached hydrogens (tertiary/aromatic N) is 2. The Labute approximate surface area is 123 Å². The number of pyridine rings is 1. The van der Waals surface area contributed by atoms with Crippen LogP contribution >= 0.6 is 0 Å². The number of oxazole rings is 1. The Balaban J connectivity index is 1.64. The van der Waals surface area contributed by atoms with E-state index in [4.69, 9.17) is 9.15 Å². The molecule has 0 aliphatic rings. The van der Waals surface area contributed by atoms with Gasteiger partial charge in [0.15, 0.2) is 5.58 Å². The Hall–Kier alpha value is -2.20. The molecule has 2 aromatic heterocycles. The molecule has 0 unspecified atom stereocenters. The second-order valence-electron chi connectivity index (χ2n) is 5.06. The summed E-state index contributed by atoms with van der Waals surface area (Å²) < 4.78 is 10.6. The molecule has 21 heavy (non-hydrogen) atoms. The van der Waals surface area contributed by atoms with Crippen LogP contribution in [0.1, 0.15) is 23.4 Å². The maximum Gasteiger partial charge on any atom is 0.221 e. The smallest absolute Gasteiger partial charge is 0.221 e. The molecule has 0 spiro atoms. The summed E-state index contributed by atoms with van der Waals surface area (Å²) in [7, 11) is 1.64. The molecule has 3 rings (SSSR count). The fourth-order valence-electron chi connectivity index (χ4n) is 2.40. The second kappa shape index (κ2) is 6.50. The van der Waals surface area contributed by atoms with Gasteiger partial charge in [0.05, 0.1) is 0 Å². The average Bonchev–Trinajstić information content (AvgIpc) is 2.90. The first-order valence-corrected chi connectivity index (χ1v) is 7.11. The lowest BCUT2D eigenvalue weighted by molar-refractivity contribution is 0.161. The molecule has 0 saturated heterocycles. The molecule has 0 N–H and O–H groups in total. The van der Waals surface area contributed by atoms with Crippen LogP contribution in [0, 0.1) is 0 Å². The van der Waals surface area contributed by atoms with E-state index in [1.165, 1.54) is 11.1 Å². The molecule has 1 aromatic carbocycles. The topological polar surface area (TPSA) is 48.2 Å². The van der Waals surface area contributed by atoms with Crippen molar-refractivity contribution in [3.05, 3.63) is 59.7 Å². The summed E-state index contributed by atoms with van der Waals surface area (Å²) >= 11 is 0. The van der Waals surface area contributed by atoms with Crippen LogP contribution in [0.2, 0.25) is 0 Å². The normalized spacial score (nSPS) is 11.1. The van der Waals surface area contributed by atoms with Crippen LogP contribution in [0.4, 0.5) is 0 Å². The highest BCUT2D eigenvalue weighted by Gasteiger charge is 2.06. The van der Waals surface area contributed by atoms with Crippen molar-refractivity contribution in [1.29, 1.82) is 0 Å². The summed E-state index contributed by atoms with van der Waals surface area (Å²) in [5.74, 6) is 0.625. The van der Waals surface area contributed by atoms with Gasteiger partial charge in [-0.2, -0.15) is 0 Å². The number of hydrogen-bond donors (Lipinski definition) is 0. The maximum atomic E-state index is 5.59. The van der Waals surface area contributed by atoms with E-state index < -0.39 is 0 Å². The number of hydrogen-bond acceptors (Lipinski definition) is 4. The SMILES string of the molecule is COCc1nc2cc(CCCc3cccnc3)ccc2o1. The number of aromatic nitrogens is 2. The molecule has 0 bridgehead atoms. The lowest BCUT2D eigenvalue weighted by atomic mass is 10.0. The summed E-state index contributed by atoms with van der Waals surface area (Å²) in [5.41, 5.74) is 4.28. The quantitative estimate of drug-likeness (QED) is 0.693. The van der Waals surface area contributed by atoms with Crippen molar-refractivity contribution >= 4 is 11.1 Å². The van der Waals surface area contributed by atoms with Crippen LogP contribution in [0.3, 0.4) is 0 Å². The van der Waals surface area contributed by atoms with Crippen LogP contribution in [0.25, 0.3) is 11.1 Å².